The lowest BCUT2D eigenvalue weighted by Gasteiger charge is -2.26. The number of likely N-dealkylation sites (N-methyl/N-ethyl adjacent to an activating group) is 1. The minimum absolute atomic E-state index is 0. The van der Waals surface area contributed by atoms with E-state index < -0.39 is 0 Å². The molecule has 1 aromatic rings. The van der Waals surface area contributed by atoms with E-state index in [4.69, 9.17) is 14.2 Å². The first-order valence-corrected chi connectivity index (χ1v) is 10.0. The first-order valence-electron chi connectivity index (χ1n) is 10.0. The zero-order valence-corrected chi connectivity index (χ0v) is 20.5. The van der Waals surface area contributed by atoms with Crippen molar-refractivity contribution in [2.75, 3.05) is 67.8 Å². The third-order valence-electron chi connectivity index (χ3n) is 4.95. The summed E-state index contributed by atoms with van der Waals surface area (Å²) in [6, 6.07) is 8.44. The number of hydrogen-bond donors (Lipinski definition) is 2. The first-order chi connectivity index (χ1) is 13.6. The number of methoxy groups -OCH3 is 1. The molecule has 166 valence electrons. The molecule has 2 rings (SSSR count). The van der Waals surface area contributed by atoms with Gasteiger partial charge in [-0.15, -0.1) is 24.0 Å². The van der Waals surface area contributed by atoms with Crippen LogP contribution in [-0.2, 0) is 9.47 Å². The van der Waals surface area contributed by atoms with Crippen molar-refractivity contribution in [1.29, 1.82) is 0 Å². The molecule has 0 amide bonds. The lowest BCUT2D eigenvalue weighted by molar-refractivity contribution is 0.0888. The van der Waals surface area contributed by atoms with E-state index >= 15 is 0 Å². The van der Waals surface area contributed by atoms with Gasteiger partial charge in [0.1, 0.15) is 5.75 Å². The average Bonchev–Trinajstić information content (AvgIpc) is 3.22. The van der Waals surface area contributed by atoms with Gasteiger partial charge in [-0.05, 0) is 44.6 Å². The summed E-state index contributed by atoms with van der Waals surface area (Å²) in [7, 11) is 7.65. The molecule has 0 radical (unpaired) electrons. The Labute approximate surface area is 192 Å². The third kappa shape index (κ3) is 9.50. The molecule has 1 aliphatic heterocycles. The van der Waals surface area contributed by atoms with Crippen LogP contribution < -0.4 is 15.4 Å². The molecule has 29 heavy (non-hydrogen) atoms. The van der Waals surface area contributed by atoms with E-state index in [1.807, 2.05) is 12.1 Å². The monoisotopic (exact) mass is 520 g/mol. The number of nitrogens with one attached hydrogen (secondary N) is 2. The normalized spacial score (nSPS) is 17.7. The number of guanidine groups is 1. The maximum Gasteiger partial charge on any atom is 0.191 e. The highest BCUT2D eigenvalue weighted by atomic mass is 127. The molecule has 7 nitrogen and oxygen atoms in total. The standard InChI is InChI=1S/C21H36N4O3.HI/c1-22-21(23-11-5-12-27-15-17-10-13-28-16-17)24-14-20(25(2)3)18-6-8-19(26-4)9-7-18;/h6-9,17,20H,5,10-16H2,1-4H3,(H2,22,23,24);1H. The van der Waals surface area contributed by atoms with Crippen LogP contribution in [-0.4, -0.2) is 78.6 Å². The summed E-state index contributed by atoms with van der Waals surface area (Å²) in [6.07, 6.45) is 2.07. The van der Waals surface area contributed by atoms with E-state index in [9.17, 15) is 0 Å². The second-order valence-electron chi connectivity index (χ2n) is 7.29. The first kappa shape index (κ1) is 25.9. The van der Waals surface area contributed by atoms with Gasteiger partial charge in [0.05, 0.1) is 26.4 Å². The van der Waals surface area contributed by atoms with Crippen LogP contribution in [0.3, 0.4) is 0 Å². The SMILES string of the molecule is CN=C(NCCCOCC1CCOC1)NCC(c1ccc(OC)cc1)N(C)C.I. The second kappa shape index (κ2) is 14.8. The molecule has 0 aliphatic carbocycles. The van der Waals surface area contributed by atoms with Gasteiger partial charge >= 0.3 is 0 Å². The molecule has 0 bridgehead atoms. The van der Waals surface area contributed by atoms with Gasteiger partial charge in [0.2, 0.25) is 0 Å². The molecule has 0 spiro atoms. The van der Waals surface area contributed by atoms with Crippen LogP contribution in [0.5, 0.6) is 5.75 Å². The van der Waals surface area contributed by atoms with Crippen LogP contribution in [0.15, 0.2) is 29.3 Å². The number of rotatable bonds is 11. The Hall–Kier alpha value is -1.10. The highest BCUT2D eigenvalue weighted by Crippen LogP contribution is 2.20. The number of aliphatic imine (C=N–C) groups is 1. The van der Waals surface area contributed by atoms with E-state index in [0.717, 1.165) is 64.1 Å². The Morgan fingerprint density at radius 3 is 2.62 bits per heavy atom. The Morgan fingerprint density at radius 1 is 1.28 bits per heavy atom. The largest absolute Gasteiger partial charge is 0.497 e. The van der Waals surface area contributed by atoms with E-state index in [1.165, 1.54) is 5.56 Å². The van der Waals surface area contributed by atoms with Crippen LogP contribution in [0.4, 0.5) is 0 Å². The van der Waals surface area contributed by atoms with Crippen LogP contribution in [0.1, 0.15) is 24.4 Å². The van der Waals surface area contributed by atoms with Gasteiger partial charge in [-0.2, -0.15) is 0 Å². The zero-order chi connectivity index (χ0) is 20.2. The van der Waals surface area contributed by atoms with Gasteiger partial charge in [-0.25, -0.2) is 0 Å². The molecule has 1 aliphatic rings. The quantitative estimate of drug-likeness (QED) is 0.202. The van der Waals surface area contributed by atoms with Crippen LogP contribution in [0.2, 0.25) is 0 Å². The summed E-state index contributed by atoms with van der Waals surface area (Å²) in [5.74, 6) is 2.25. The number of halogens is 1. The van der Waals surface area contributed by atoms with E-state index in [1.54, 1.807) is 14.2 Å². The average molecular weight is 520 g/mol. The number of ether oxygens (including phenoxy) is 3. The van der Waals surface area contributed by atoms with Crippen molar-refractivity contribution >= 4 is 29.9 Å². The Bertz CT molecular complexity index is 578. The maximum atomic E-state index is 5.74. The van der Waals surface area contributed by atoms with Gasteiger partial charge in [0.25, 0.3) is 0 Å². The van der Waals surface area contributed by atoms with E-state index in [2.05, 4.69) is 46.8 Å². The molecule has 8 heteroatoms. The summed E-state index contributed by atoms with van der Waals surface area (Å²) in [5, 5.41) is 6.78. The lowest BCUT2D eigenvalue weighted by Crippen LogP contribution is -2.42. The van der Waals surface area contributed by atoms with Gasteiger partial charge < -0.3 is 29.7 Å². The number of nitrogens with zero attached hydrogens (tertiary/aromatic N) is 2. The molecule has 1 heterocycles. The van der Waals surface area contributed by atoms with Crippen molar-refractivity contribution in [2.45, 2.75) is 18.9 Å². The van der Waals surface area contributed by atoms with Crippen LogP contribution in [0.25, 0.3) is 0 Å². The van der Waals surface area contributed by atoms with Gasteiger partial charge in [-0.3, -0.25) is 4.99 Å². The van der Waals surface area contributed by atoms with Crippen molar-refractivity contribution < 1.29 is 14.2 Å². The third-order valence-corrected chi connectivity index (χ3v) is 4.95. The van der Waals surface area contributed by atoms with Crippen LogP contribution >= 0.6 is 24.0 Å². The summed E-state index contributed by atoms with van der Waals surface area (Å²) in [6.45, 7) is 4.87. The summed E-state index contributed by atoms with van der Waals surface area (Å²) in [4.78, 5) is 6.52. The highest BCUT2D eigenvalue weighted by molar-refractivity contribution is 14.0. The molecular formula is C21H37IN4O3. The highest BCUT2D eigenvalue weighted by Gasteiger charge is 2.16. The van der Waals surface area contributed by atoms with Crippen molar-refractivity contribution in [1.82, 2.24) is 15.5 Å². The van der Waals surface area contributed by atoms with E-state index in [-0.39, 0.29) is 30.0 Å². The Balaban J connectivity index is 0.00000420. The van der Waals surface area contributed by atoms with Crippen LogP contribution in [0, 0.1) is 5.92 Å². The molecule has 1 aromatic carbocycles. The smallest absolute Gasteiger partial charge is 0.191 e. The molecule has 0 aromatic heterocycles. The Kier molecular flexibility index (Phi) is 13.2. The summed E-state index contributed by atoms with van der Waals surface area (Å²) >= 11 is 0. The zero-order valence-electron chi connectivity index (χ0n) is 18.1. The van der Waals surface area contributed by atoms with Gasteiger partial charge in [-0.1, -0.05) is 12.1 Å². The van der Waals surface area contributed by atoms with Crippen molar-refractivity contribution in [3.05, 3.63) is 29.8 Å². The van der Waals surface area contributed by atoms with Gasteiger partial charge in [0.15, 0.2) is 5.96 Å². The molecule has 0 saturated carbocycles. The molecule has 1 saturated heterocycles. The fraction of sp³-hybridized carbons (Fsp3) is 0.667. The molecule has 2 atom stereocenters. The second-order valence-corrected chi connectivity index (χ2v) is 7.29. The lowest BCUT2D eigenvalue weighted by atomic mass is 10.1. The topological polar surface area (TPSA) is 67.4 Å². The van der Waals surface area contributed by atoms with Gasteiger partial charge in [0, 0.05) is 39.3 Å². The predicted octanol–water partition coefficient (Wildman–Crippen LogP) is 2.52. The molecule has 1 fully saturated rings. The van der Waals surface area contributed by atoms with Crippen molar-refractivity contribution in [3.8, 4) is 5.75 Å². The predicted molar refractivity (Wildman–Crippen MR) is 129 cm³/mol. The van der Waals surface area contributed by atoms with E-state index in [0.29, 0.717) is 5.92 Å². The number of hydrogen-bond acceptors (Lipinski definition) is 5. The summed E-state index contributed by atoms with van der Waals surface area (Å²) in [5.41, 5.74) is 1.23. The van der Waals surface area contributed by atoms with Crippen molar-refractivity contribution in [2.24, 2.45) is 10.9 Å². The minimum atomic E-state index is 0. The maximum absolute atomic E-state index is 5.74. The molecule has 2 N–H and O–H groups in total. The fourth-order valence-electron chi connectivity index (χ4n) is 3.18. The summed E-state index contributed by atoms with van der Waals surface area (Å²) < 4.78 is 16.4. The molecular weight excluding hydrogens is 483 g/mol. The Morgan fingerprint density at radius 2 is 2.03 bits per heavy atom. The number of benzene rings is 1. The van der Waals surface area contributed by atoms with Crippen molar-refractivity contribution in [3.63, 3.8) is 0 Å². The fourth-order valence-corrected chi connectivity index (χ4v) is 3.18. The molecule has 2 unspecified atom stereocenters. The minimum Gasteiger partial charge on any atom is -0.497 e.